The van der Waals surface area contributed by atoms with Crippen molar-refractivity contribution in [1.29, 1.82) is 0 Å². The van der Waals surface area contributed by atoms with Crippen molar-refractivity contribution in [3.05, 3.63) is 59.9 Å². The van der Waals surface area contributed by atoms with Gasteiger partial charge in [0.2, 0.25) is 5.91 Å². The molecular weight excluding hydrogens is 344 g/mol. The molecule has 3 amide bonds. The van der Waals surface area contributed by atoms with Gasteiger partial charge in [-0.1, -0.05) is 18.2 Å². The number of hydrogen-bond acceptors (Lipinski definition) is 4. The van der Waals surface area contributed by atoms with Crippen LogP contribution in [0, 0.1) is 0 Å². The van der Waals surface area contributed by atoms with Crippen LogP contribution in [0.3, 0.4) is 0 Å². The van der Waals surface area contributed by atoms with Gasteiger partial charge in [0.25, 0.3) is 0 Å². The third kappa shape index (κ3) is 6.38. The van der Waals surface area contributed by atoms with Crippen LogP contribution in [0.4, 0.5) is 10.5 Å². The second-order valence-electron chi connectivity index (χ2n) is 6.32. The van der Waals surface area contributed by atoms with E-state index in [1.54, 1.807) is 44.6 Å². The zero-order valence-corrected chi connectivity index (χ0v) is 16.0. The smallest absolute Gasteiger partial charge is 0.322 e. The lowest BCUT2D eigenvalue weighted by Gasteiger charge is -2.24. The lowest BCUT2D eigenvalue weighted by molar-refractivity contribution is -0.127. The van der Waals surface area contributed by atoms with Crippen LogP contribution >= 0.6 is 0 Å². The number of carbonyl (C=O) groups excluding carboxylic acids is 2. The number of rotatable bonds is 8. The minimum absolute atomic E-state index is 0.0234. The van der Waals surface area contributed by atoms with Crippen LogP contribution in [0.15, 0.2) is 48.8 Å². The van der Waals surface area contributed by atoms with Gasteiger partial charge in [0.05, 0.1) is 13.0 Å². The van der Waals surface area contributed by atoms with Crippen LogP contribution in [0.5, 0.6) is 0 Å². The Hall–Kier alpha value is -2.93. The fourth-order valence-corrected chi connectivity index (χ4v) is 2.47. The number of benzene rings is 1. The molecule has 7 nitrogen and oxygen atoms in total. The molecular formula is C20H26N4O3. The quantitative estimate of drug-likeness (QED) is 0.774. The molecule has 144 valence electrons. The standard InChI is InChI=1S/C20H26N4O3/c1-23(2)19(25)14-17-6-4-5-7-18(17)22-20(26)24(12-13-27-3)15-16-8-10-21-11-9-16/h4-11H,12-15H2,1-3H3,(H,22,26). The summed E-state index contributed by atoms with van der Waals surface area (Å²) in [5.41, 5.74) is 2.39. The van der Waals surface area contributed by atoms with Crippen molar-refractivity contribution in [3.8, 4) is 0 Å². The fourth-order valence-electron chi connectivity index (χ4n) is 2.47. The first-order valence-electron chi connectivity index (χ1n) is 8.73. The number of methoxy groups -OCH3 is 1. The number of pyridine rings is 1. The molecule has 0 spiro atoms. The topological polar surface area (TPSA) is 74.8 Å². The van der Waals surface area contributed by atoms with Crippen LogP contribution in [0.1, 0.15) is 11.1 Å². The molecule has 2 aromatic rings. The molecule has 0 saturated carbocycles. The summed E-state index contributed by atoms with van der Waals surface area (Å²) in [6, 6.07) is 10.8. The summed E-state index contributed by atoms with van der Waals surface area (Å²) in [5, 5.41) is 2.93. The molecule has 0 aliphatic carbocycles. The second-order valence-corrected chi connectivity index (χ2v) is 6.32. The molecule has 0 fully saturated rings. The molecule has 2 rings (SSSR count). The van der Waals surface area contributed by atoms with Gasteiger partial charge in [0.1, 0.15) is 0 Å². The van der Waals surface area contributed by atoms with E-state index in [0.29, 0.717) is 25.4 Å². The Bertz CT molecular complexity index is 750. The Morgan fingerprint density at radius 1 is 1.11 bits per heavy atom. The predicted molar refractivity (Wildman–Crippen MR) is 104 cm³/mol. The summed E-state index contributed by atoms with van der Waals surface area (Å²) in [5.74, 6) is -0.0234. The summed E-state index contributed by atoms with van der Waals surface area (Å²) in [6.45, 7) is 1.32. The van der Waals surface area contributed by atoms with Gasteiger partial charge in [-0.25, -0.2) is 4.79 Å². The number of hydrogen-bond donors (Lipinski definition) is 1. The van der Waals surface area contributed by atoms with E-state index in [-0.39, 0.29) is 18.4 Å². The first kappa shape index (κ1) is 20.4. The van der Waals surface area contributed by atoms with E-state index in [1.807, 2.05) is 30.3 Å². The van der Waals surface area contributed by atoms with Gasteiger partial charge in [0.15, 0.2) is 0 Å². The summed E-state index contributed by atoms with van der Waals surface area (Å²) >= 11 is 0. The number of urea groups is 1. The Balaban J connectivity index is 2.13. The number of carbonyl (C=O) groups is 2. The molecule has 0 aliphatic rings. The number of para-hydroxylation sites is 1. The summed E-state index contributed by atoms with van der Waals surface area (Å²) in [6.07, 6.45) is 3.62. The maximum absolute atomic E-state index is 12.8. The highest BCUT2D eigenvalue weighted by molar-refractivity contribution is 5.91. The van der Waals surface area contributed by atoms with Crippen LogP contribution in [0.2, 0.25) is 0 Å². The van der Waals surface area contributed by atoms with Gasteiger partial charge < -0.3 is 19.9 Å². The molecule has 0 unspecified atom stereocenters. The van der Waals surface area contributed by atoms with Gasteiger partial charge in [-0.3, -0.25) is 9.78 Å². The molecule has 7 heteroatoms. The van der Waals surface area contributed by atoms with Crippen molar-refractivity contribution < 1.29 is 14.3 Å². The number of nitrogens with one attached hydrogen (secondary N) is 1. The van der Waals surface area contributed by atoms with Crippen molar-refractivity contribution in [2.45, 2.75) is 13.0 Å². The Labute approximate surface area is 159 Å². The van der Waals surface area contributed by atoms with E-state index < -0.39 is 0 Å². The maximum atomic E-state index is 12.8. The summed E-state index contributed by atoms with van der Waals surface area (Å²) in [7, 11) is 5.03. The van der Waals surface area contributed by atoms with Crippen LogP contribution in [-0.4, -0.2) is 61.1 Å². The summed E-state index contributed by atoms with van der Waals surface area (Å²) in [4.78, 5) is 32.1. The van der Waals surface area contributed by atoms with E-state index in [1.165, 1.54) is 4.90 Å². The van der Waals surface area contributed by atoms with E-state index in [4.69, 9.17) is 4.74 Å². The molecule has 1 aromatic carbocycles. The van der Waals surface area contributed by atoms with Crippen molar-refractivity contribution >= 4 is 17.6 Å². The number of amides is 3. The molecule has 0 radical (unpaired) electrons. The van der Waals surface area contributed by atoms with Crippen LogP contribution in [-0.2, 0) is 22.5 Å². The SMILES string of the molecule is COCCN(Cc1ccncc1)C(=O)Nc1ccccc1CC(=O)N(C)C. The third-order valence-electron chi connectivity index (χ3n) is 4.07. The number of nitrogens with zero attached hydrogens (tertiary/aromatic N) is 3. The minimum Gasteiger partial charge on any atom is -0.383 e. The zero-order valence-electron chi connectivity index (χ0n) is 16.0. The number of likely N-dealkylation sites (N-methyl/N-ethyl adjacent to an activating group) is 1. The zero-order chi connectivity index (χ0) is 19.6. The molecule has 27 heavy (non-hydrogen) atoms. The first-order valence-corrected chi connectivity index (χ1v) is 8.73. The Morgan fingerprint density at radius 3 is 2.48 bits per heavy atom. The summed E-state index contributed by atoms with van der Waals surface area (Å²) < 4.78 is 5.13. The Kier molecular flexibility index (Phi) is 7.76. The fraction of sp³-hybridized carbons (Fsp3) is 0.350. The lowest BCUT2D eigenvalue weighted by atomic mass is 10.1. The van der Waals surface area contributed by atoms with Gasteiger partial charge in [-0.05, 0) is 29.3 Å². The molecule has 0 bridgehead atoms. The van der Waals surface area contributed by atoms with Crippen molar-refractivity contribution in [2.75, 3.05) is 39.7 Å². The van der Waals surface area contributed by atoms with Gasteiger partial charge in [-0.15, -0.1) is 0 Å². The van der Waals surface area contributed by atoms with Crippen LogP contribution < -0.4 is 5.32 Å². The minimum atomic E-state index is -0.242. The number of aromatic nitrogens is 1. The number of ether oxygens (including phenoxy) is 1. The Morgan fingerprint density at radius 2 is 1.81 bits per heavy atom. The van der Waals surface area contributed by atoms with Crippen LogP contribution in [0.25, 0.3) is 0 Å². The highest BCUT2D eigenvalue weighted by Crippen LogP contribution is 2.17. The molecule has 0 aliphatic heterocycles. The van der Waals surface area contributed by atoms with Gasteiger partial charge in [-0.2, -0.15) is 0 Å². The second kappa shape index (κ2) is 10.3. The maximum Gasteiger partial charge on any atom is 0.322 e. The van der Waals surface area contributed by atoms with Gasteiger partial charge >= 0.3 is 6.03 Å². The van der Waals surface area contributed by atoms with E-state index in [2.05, 4.69) is 10.3 Å². The van der Waals surface area contributed by atoms with Gasteiger partial charge in [0, 0.05) is 52.4 Å². The number of anilines is 1. The molecule has 1 aromatic heterocycles. The highest BCUT2D eigenvalue weighted by atomic mass is 16.5. The largest absolute Gasteiger partial charge is 0.383 e. The first-order chi connectivity index (χ1) is 13.0. The van der Waals surface area contributed by atoms with Crippen molar-refractivity contribution in [3.63, 3.8) is 0 Å². The highest BCUT2D eigenvalue weighted by Gasteiger charge is 2.17. The van der Waals surface area contributed by atoms with Crippen molar-refractivity contribution in [1.82, 2.24) is 14.8 Å². The normalized spacial score (nSPS) is 10.3. The third-order valence-corrected chi connectivity index (χ3v) is 4.07. The monoisotopic (exact) mass is 370 g/mol. The molecule has 1 N–H and O–H groups in total. The predicted octanol–water partition coefficient (Wildman–Crippen LogP) is 2.39. The lowest BCUT2D eigenvalue weighted by Crippen LogP contribution is -2.37. The molecule has 1 heterocycles. The average molecular weight is 370 g/mol. The van der Waals surface area contributed by atoms with E-state index in [9.17, 15) is 9.59 Å². The van der Waals surface area contributed by atoms with E-state index in [0.717, 1.165) is 11.1 Å². The molecule has 0 saturated heterocycles. The molecule has 0 atom stereocenters. The average Bonchev–Trinajstić information content (AvgIpc) is 2.67. The van der Waals surface area contributed by atoms with E-state index >= 15 is 0 Å². The van der Waals surface area contributed by atoms with Crippen molar-refractivity contribution in [2.24, 2.45) is 0 Å².